The quantitative estimate of drug-likeness (QED) is 0.504. The highest BCUT2D eigenvalue weighted by molar-refractivity contribution is 7.98. The molecular formula is C24H26O5S. The number of carboxylic acid groups (broad SMARTS) is 1. The van der Waals surface area contributed by atoms with Gasteiger partial charge in [0.2, 0.25) is 0 Å². The van der Waals surface area contributed by atoms with Crippen LogP contribution in [0.2, 0.25) is 0 Å². The van der Waals surface area contributed by atoms with Crippen LogP contribution in [0.1, 0.15) is 36.1 Å². The van der Waals surface area contributed by atoms with Crippen LogP contribution in [-0.4, -0.2) is 34.8 Å². The van der Waals surface area contributed by atoms with E-state index >= 15 is 0 Å². The summed E-state index contributed by atoms with van der Waals surface area (Å²) in [4.78, 5) is 25.1. The van der Waals surface area contributed by atoms with E-state index in [1.165, 1.54) is 13.8 Å². The fourth-order valence-corrected chi connectivity index (χ4v) is 3.75. The second-order valence-electron chi connectivity index (χ2n) is 7.92. The third-order valence-corrected chi connectivity index (χ3v) is 5.79. The van der Waals surface area contributed by atoms with Crippen molar-refractivity contribution in [2.24, 2.45) is 0 Å². The molecule has 1 aliphatic heterocycles. The molecule has 0 fully saturated rings. The van der Waals surface area contributed by atoms with Gasteiger partial charge in [-0.3, -0.25) is 4.79 Å². The highest BCUT2D eigenvalue weighted by atomic mass is 32.2. The summed E-state index contributed by atoms with van der Waals surface area (Å²) in [7, 11) is 0. The molecule has 158 valence electrons. The molecule has 1 atom stereocenters. The molecule has 1 aliphatic rings. The molecule has 0 radical (unpaired) electrons. The Kier molecular flexibility index (Phi) is 6.27. The molecule has 0 saturated carbocycles. The number of carboxylic acids is 1. The summed E-state index contributed by atoms with van der Waals surface area (Å²) in [5.41, 5.74) is 2.19. The molecule has 5 nitrogen and oxygen atoms in total. The smallest absolute Gasteiger partial charge is 0.347 e. The zero-order valence-corrected chi connectivity index (χ0v) is 18.6. The highest BCUT2D eigenvalue weighted by Crippen LogP contribution is 2.33. The van der Waals surface area contributed by atoms with Crippen LogP contribution in [0.4, 0.5) is 0 Å². The lowest BCUT2D eigenvalue weighted by Crippen LogP contribution is -2.38. The summed E-state index contributed by atoms with van der Waals surface area (Å²) >= 11 is 1.64. The number of aryl methyl sites for hydroxylation is 2. The van der Waals surface area contributed by atoms with E-state index in [1.807, 2.05) is 50.4 Å². The van der Waals surface area contributed by atoms with E-state index in [4.69, 9.17) is 9.47 Å². The maximum Gasteiger partial charge on any atom is 0.347 e. The molecule has 6 heteroatoms. The zero-order valence-electron chi connectivity index (χ0n) is 17.8. The second kappa shape index (κ2) is 8.56. The molecular weight excluding hydrogens is 400 g/mol. The van der Waals surface area contributed by atoms with Crippen LogP contribution in [0.5, 0.6) is 11.5 Å². The van der Waals surface area contributed by atoms with Crippen molar-refractivity contribution in [3.05, 3.63) is 58.7 Å². The number of aliphatic carboxylic acids is 1. The summed E-state index contributed by atoms with van der Waals surface area (Å²) < 4.78 is 11.6. The maximum atomic E-state index is 12.6. The molecule has 1 heterocycles. The Hall–Kier alpha value is -2.73. The molecule has 0 saturated heterocycles. The van der Waals surface area contributed by atoms with E-state index in [0.29, 0.717) is 12.2 Å². The van der Waals surface area contributed by atoms with E-state index in [2.05, 4.69) is 0 Å². The van der Waals surface area contributed by atoms with E-state index in [9.17, 15) is 14.7 Å². The van der Waals surface area contributed by atoms with Gasteiger partial charge in [0.1, 0.15) is 11.5 Å². The van der Waals surface area contributed by atoms with E-state index in [-0.39, 0.29) is 5.78 Å². The molecule has 0 spiro atoms. The Balaban J connectivity index is 1.72. The Morgan fingerprint density at radius 2 is 1.87 bits per heavy atom. The van der Waals surface area contributed by atoms with Gasteiger partial charge in [0.25, 0.3) is 0 Å². The number of thioether (sulfide) groups is 1. The Labute approximate surface area is 181 Å². The van der Waals surface area contributed by atoms with Gasteiger partial charge in [-0.25, -0.2) is 4.79 Å². The Morgan fingerprint density at radius 1 is 1.20 bits per heavy atom. The number of ether oxygens (including phenoxy) is 2. The Bertz CT molecular complexity index is 999. The van der Waals surface area contributed by atoms with Gasteiger partial charge in [-0.15, -0.1) is 11.8 Å². The van der Waals surface area contributed by atoms with Crippen molar-refractivity contribution in [3.8, 4) is 11.5 Å². The molecule has 3 rings (SSSR count). The van der Waals surface area contributed by atoms with Crippen LogP contribution in [-0.2, 0) is 16.0 Å². The van der Waals surface area contributed by atoms with Gasteiger partial charge in [0.15, 0.2) is 17.5 Å². The number of ketones is 1. The van der Waals surface area contributed by atoms with Crippen LogP contribution >= 0.6 is 11.8 Å². The summed E-state index contributed by atoms with van der Waals surface area (Å²) in [6.45, 7) is 6.75. The van der Waals surface area contributed by atoms with Gasteiger partial charge in [0.05, 0.1) is 0 Å². The number of fused-ring (bicyclic) bond motifs is 1. The van der Waals surface area contributed by atoms with Gasteiger partial charge >= 0.3 is 5.97 Å². The Morgan fingerprint density at radius 3 is 2.47 bits per heavy atom. The number of benzene rings is 2. The summed E-state index contributed by atoms with van der Waals surface area (Å²) in [6, 6.07) is 9.78. The van der Waals surface area contributed by atoms with Gasteiger partial charge in [-0.1, -0.05) is 12.1 Å². The molecule has 0 aromatic heterocycles. The third kappa shape index (κ3) is 4.70. The van der Waals surface area contributed by atoms with Crippen LogP contribution < -0.4 is 9.47 Å². The van der Waals surface area contributed by atoms with Gasteiger partial charge in [0, 0.05) is 11.3 Å². The maximum absolute atomic E-state index is 12.6. The molecule has 1 N–H and O–H groups in total. The fraction of sp³-hybridized carbons (Fsp3) is 0.333. The minimum Gasteiger partial charge on any atom is -0.482 e. The molecule has 0 aliphatic carbocycles. The van der Waals surface area contributed by atoms with Crippen LogP contribution in [0.25, 0.3) is 6.08 Å². The predicted octanol–water partition coefficient (Wildman–Crippen LogP) is 4.85. The minimum absolute atomic E-state index is 0.0838. The average Bonchev–Trinajstić information content (AvgIpc) is 3.12. The number of hydrogen-bond donors (Lipinski definition) is 1. The first kappa shape index (κ1) is 22.0. The fourth-order valence-electron chi connectivity index (χ4n) is 3.32. The van der Waals surface area contributed by atoms with Crippen molar-refractivity contribution >= 4 is 29.6 Å². The van der Waals surface area contributed by atoms with Crippen molar-refractivity contribution in [1.82, 2.24) is 0 Å². The van der Waals surface area contributed by atoms with E-state index < -0.39 is 17.7 Å². The predicted molar refractivity (Wildman–Crippen MR) is 119 cm³/mol. The van der Waals surface area contributed by atoms with Crippen molar-refractivity contribution in [2.45, 2.75) is 50.7 Å². The molecule has 0 amide bonds. The first-order valence-electron chi connectivity index (χ1n) is 9.70. The minimum atomic E-state index is -1.33. The lowest BCUT2D eigenvalue weighted by molar-refractivity contribution is -0.152. The largest absolute Gasteiger partial charge is 0.482 e. The van der Waals surface area contributed by atoms with Gasteiger partial charge in [-0.05, 0) is 86.5 Å². The number of carbonyl (C=O) groups excluding carboxylic acids is 1. The zero-order chi connectivity index (χ0) is 22.1. The molecule has 2 aromatic rings. The number of carbonyl (C=O) groups is 2. The highest BCUT2D eigenvalue weighted by Gasteiger charge is 2.31. The SMILES string of the molecule is CSc1ccc2c(c1)OC(C(=O)/C=C/c1cc(C)c(OC(C)(C)C(=O)O)c(C)c1)C2. The van der Waals surface area contributed by atoms with Crippen LogP contribution in [0.15, 0.2) is 41.3 Å². The average molecular weight is 427 g/mol. The summed E-state index contributed by atoms with van der Waals surface area (Å²) in [5.74, 6) is 0.213. The molecule has 1 unspecified atom stereocenters. The number of rotatable bonds is 7. The standard InChI is InChI=1S/C24H26O5S/c1-14-10-16(11-15(2)22(14)29-24(3,4)23(26)27)6-9-19(25)21-12-17-7-8-18(30-5)13-20(17)28-21/h6-11,13,21H,12H2,1-5H3,(H,26,27)/b9-6+. The molecule has 2 aromatic carbocycles. The lowest BCUT2D eigenvalue weighted by Gasteiger charge is -2.24. The van der Waals surface area contributed by atoms with Crippen LogP contribution in [0, 0.1) is 13.8 Å². The molecule has 0 bridgehead atoms. The second-order valence-corrected chi connectivity index (χ2v) is 8.80. The lowest BCUT2D eigenvalue weighted by atomic mass is 10.0. The topological polar surface area (TPSA) is 72.8 Å². The molecule has 30 heavy (non-hydrogen) atoms. The normalized spacial score (nSPS) is 15.7. The van der Waals surface area contributed by atoms with Crippen LogP contribution in [0.3, 0.4) is 0 Å². The van der Waals surface area contributed by atoms with Crippen molar-refractivity contribution in [3.63, 3.8) is 0 Å². The first-order chi connectivity index (χ1) is 14.1. The van der Waals surface area contributed by atoms with Gasteiger partial charge in [-0.2, -0.15) is 0 Å². The van der Waals surface area contributed by atoms with Crippen molar-refractivity contribution < 1.29 is 24.2 Å². The number of hydrogen-bond acceptors (Lipinski definition) is 5. The van der Waals surface area contributed by atoms with Crippen molar-refractivity contribution in [1.29, 1.82) is 0 Å². The van der Waals surface area contributed by atoms with E-state index in [1.54, 1.807) is 23.9 Å². The third-order valence-electron chi connectivity index (χ3n) is 5.06. The van der Waals surface area contributed by atoms with Gasteiger partial charge < -0.3 is 14.6 Å². The summed E-state index contributed by atoms with van der Waals surface area (Å²) in [5, 5.41) is 9.30. The van der Waals surface area contributed by atoms with Crippen molar-refractivity contribution in [2.75, 3.05) is 6.26 Å². The summed E-state index contributed by atoms with van der Waals surface area (Å²) in [6.07, 6.45) is 5.37. The first-order valence-corrected chi connectivity index (χ1v) is 10.9. The monoisotopic (exact) mass is 426 g/mol. The van der Waals surface area contributed by atoms with E-state index in [0.717, 1.165) is 32.9 Å².